The molecule has 0 aromatic rings. The predicted molar refractivity (Wildman–Crippen MR) is 84.0 cm³/mol. The van der Waals surface area contributed by atoms with Gasteiger partial charge in [0.05, 0.1) is 12.1 Å². The van der Waals surface area contributed by atoms with Crippen molar-refractivity contribution in [3.8, 4) is 0 Å². The number of ketones is 1. The summed E-state index contributed by atoms with van der Waals surface area (Å²) in [6.07, 6.45) is 9.53. The zero-order valence-electron chi connectivity index (χ0n) is 13.4. The lowest BCUT2D eigenvalue weighted by Gasteiger charge is -2.29. The van der Waals surface area contributed by atoms with E-state index in [1.165, 1.54) is 38.5 Å². The van der Waals surface area contributed by atoms with Gasteiger partial charge in [0.25, 0.3) is 0 Å². The van der Waals surface area contributed by atoms with Crippen LogP contribution in [0, 0.1) is 0 Å². The van der Waals surface area contributed by atoms with Gasteiger partial charge in [0.2, 0.25) is 0 Å². The second kappa shape index (κ2) is 8.14. The first kappa shape index (κ1) is 16.0. The molecule has 2 saturated heterocycles. The highest BCUT2D eigenvalue weighted by Gasteiger charge is 2.38. The second-order valence-corrected chi connectivity index (χ2v) is 6.50. The summed E-state index contributed by atoms with van der Waals surface area (Å²) in [4.78, 5) is 17.8. The number of unbranched alkanes of at least 4 members (excludes halogenated alkanes) is 2. The summed E-state index contributed by atoms with van der Waals surface area (Å²) in [7, 11) is 0. The van der Waals surface area contributed by atoms with Crippen LogP contribution in [0.2, 0.25) is 0 Å². The molecule has 0 radical (unpaired) electrons. The van der Waals surface area contributed by atoms with E-state index in [1.807, 2.05) is 0 Å². The minimum atomic E-state index is 0.230. The Morgan fingerprint density at radius 2 is 1.35 bits per heavy atom. The van der Waals surface area contributed by atoms with Crippen LogP contribution in [0.15, 0.2) is 0 Å². The molecule has 0 saturated carbocycles. The third-order valence-electron chi connectivity index (χ3n) is 4.98. The summed E-state index contributed by atoms with van der Waals surface area (Å²) in [5.74, 6) is 0.534. The van der Waals surface area contributed by atoms with Crippen LogP contribution < -0.4 is 0 Å². The molecule has 0 bridgehead atoms. The maximum absolute atomic E-state index is 12.9. The van der Waals surface area contributed by atoms with E-state index in [-0.39, 0.29) is 12.1 Å². The molecule has 2 atom stereocenters. The number of likely N-dealkylation sites (tertiary alicyclic amines) is 2. The van der Waals surface area contributed by atoms with E-state index in [0.717, 1.165) is 39.0 Å². The molecule has 0 aliphatic carbocycles. The maximum atomic E-state index is 12.9. The quantitative estimate of drug-likeness (QED) is 0.682. The van der Waals surface area contributed by atoms with Crippen molar-refractivity contribution in [2.45, 2.75) is 77.3 Å². The Labute approximate surface area is 124 Å². The highest BCUT2D eigenvalue weighted by Crippen LogP contribution is 2.26. The molecule has 0 amide bonds. The smallest absolute Gasteiger partial charge is 0.166 e. The number of rotatable bonds is 8. The molecule has 3 nitrogen and oxygen atoms in total. The van der Waals surface area contributed by atoms with Crippen molar-refractivity contribution in [3.63, 3.8) is 0 Å². The fourth-order valence-corrected chi connectivity index (χ4v) is 3.78. The van der Waals surface area contributed by atoms with E-state index in [0.29, 0.717) is 5.78 Å². The van der Waals surface area contributed by atoms with Gasteiger partial charge in [0.1, 0.15) is 0 Å². The minimum absolute atomic E-state index is 0.230. The molecule has 2 rings (SSSR count). The summed E-state index contributed by atoms with van der Waals surface area (Å²) in [6.45, 7) is 8.98. The lowest BCUT2D eigenvalue weighted by atomic mass is 10.0. The first-order valence-electron chi connectivity index (χ1n) is 8.79. The van der Waals surface area contributed by atoms with Gasteiger partial charge in [0.15, 0.2) is 5.78 Å². The van der Waals surface area contributed by atoms with Crippen LogP contribution in [0.5, 0.6) is 0 Å². The summed E-state index contributed by atoms with van der Waals surface area (Å²) in [5.41, 5.74) is 0. The van der Waals surface area contributed by atoms with Crippen molar-refractivity contribution in [2.24, 2.45) is 0 Å². The van der Waals surface area contributed by atoms with Crippen molar-refractivity contribution in [2.75, 3.05) is 26.2 Å². The fraction of sp³-hybridized carbons (Fsp3) is 0.941. The predicted octanol–water partition coefficient (Wildman–Crippen LogP) is 3.08. The number of hydrogen-bond donors (Lipinski definition) is 0. The average molecular weight is 280 g/mol. The first-order chi connectivity index (χ1) is 9.77. The van der Waals surface area contributed by atoms with Crippen molar-refractivity contribution in [3.05, 3.63) is 0 Å². The highest BCUT2D eigenvalue weighted by molar-refractivity contribution is 5.89. The molecule has 2 aliphatic heterocycles. The Morgan fingerprint density at radius 1 is 0.900 bits per heavy atom. The third-order valence-corrected chi connectivity index (χ3v) is 4.98. The van der Waals surface area contributed by atoms with Gasteiger partial charge in [-0.25, -0.2) is 0 Å². The molecule has 20 heavy (non-hydrogen) atoms. The van der Waals surface area contributed by atoms with Crippen LogP contribution in [-0.4, -0.2) is 53.8 Å². The van der Waals surface area contributed by atoms with Crippen molar-refractivity contribution >= 4 is 5.78 Å². The first-order valence-corrected chi connectivity index (χ1v) is 8.79. The SMILES string of the molecule is CCCCN1CCCC1C(=O)C1CCCN1CCCC. The van der Waals surface area contributed by atoms with E-state index >= 15 is 0 Å². The molecule has 0 N–H and O–H groups in total. The number of carbonyl (C=O) groups excluding carboxylic acids is 1. The largest absolute Gasteiger partial charge is 0.296 e. The van der Waals surface area contributed by atoms with Crippen LogP contribution in [0.1, 0.15) is 65.2 Å². The Morgan fingerprint density at radius 3 is 1.75 bits per heavy atom. The summed E-state index contributed by atoms with van der Waals surface area (Å²) < 4.78 is 0. The molecule has 2 aliphatic rings. The van der Waals surface area contributed by atoms with Crippen LogP contribution in [-0.2, 0) is 4.79 Å². The van der Waals surface area contributed by atoms with Crippen molar-refractivity contribution < 1.29 is 4.79 Å². The van der Waals surface area contributed by atoms with E-state index in [2.05, 4.69) is 23.6 Å². The van der Waals surface area contributed by atoms with Gasteiger partial charge in [-0.2, -0.15) is 0 Å². The summed E-state index contributed by atoms with van der Waals surface area (Å²) in [5, 5.41) is 0. The number of Topliss-reactive ketones (excluding diaryl/α,β-unsaturated/α-hetero) is 1. The topological polar surface area (TPSA) is 23.6 Å². The summed E-state index contributed by atoms with van der Waals surface area (Å²) in [6, 6.07) is 0.461. The molecule has 3 heteroatoms. The average Bonchev–Trinajstić information content (AvgIpc) is 3.10. The standard InChI is InChI=1S/C17H32N2O/c1-3-5-11-18-13-7-9-15(18)17(20)16-10-8-14-19(16)12-6-4-2/h15-16H,3-14H2,1-2H3. The highest BCUT2D eigenvalue weighted by atomic mass is 16.1. The molecule has 2 unspecified atom stereocenters. The van der Waals surface area contributed by atoms with Crippen LogP contribution in [0.3, 0.4) is 0 Å². The van der Waals surface area contributed by atoms with Crippen molar-refractivity contribution in [1.82, 2.24) is 9.80 Å². The number of hydrogen-bond acceptors (Lipinski definition) is 3. The lowest BCUT2D eigenvalue weighted by Crippen LogP contribution is -2.47. The van der Waals surface area contributed by atoms with Crippen LogP contribution >= 0.6 is 0 Å². The third kappa shape index (κ3) is 3.82. The van der Waals surface area contributed by atoms with Gasteiger partial charge in [-0.3, -0.25) is 14.6 Å². The molecule has 0 aromatic heterocycles. The Kier molecular flexibility index (Phi) is 6.50. The van der Waals surface area contributed by atoms with Crippen LogP contribution in [0.4, 0.5) is 0 Å². The Balaban J connectivity index is 1.91. The van der Waals surface area contributed by atoms with Gasteiger partial charge < -0.3 is 0 Å². The normalized spacial score (nSPS) is 28.3. The Bertz CT molecular complexity index is 277. The van der Waals surface area contributed by atoms with E-state index in [4.69, 9.17) is 0 Å². The van der Waals surface area contributed by atoms with Gasteiger partial charge in [-0.05, 0) is 64.7 Å². The monoisotopic (exact) mass is 280 g/mol. The second-order valence-electron chi connectivity index (χ2n) is 6.50. The lowest BCUT2D eigenvalue weighted by molar-refractivity contribution is -0.127. The Hall–Kier alpha value is -0.410. The van der Waals surface area contributed by atoms with Crippen LogP contribution in [0.25, 0.3) is 0 Å². The van der Waals surface area contributed by atoms with Gasteiger partial charge >= 0.3 is 0 Å². The summed E-state index contributed by atoms with van der Waals surface area (Å²) >= 11 is 0. The van der Waals surface area contributed by atoms with Gasteiger partial charge in [-0.15, -0.1) is 0 Å². The molecule has 2 fully saturated rings. The number of nitrogens with zero attached hydrogens (tertiary/aromatic N) is 2. The van der Waals surface area contributed by atoms with Gasteiger partial charge in [0, 0.05) is 0 Å². The minimum Gasteiger partial charge on any atom is -0.296 e. The molecular formula is C17H32N2O. The maximum Gasteiger partial charge on any atom is 0.166 e. The van der Waals surface area contributed by atoms with Crippen molar-refractivity contribution in [1.29, 1.82) is 0 Å². The zero-order chi connectivity index (χ0) is 14.4. The number of carbonyl (C=O) groups is 1. The molecular weight excluding hydrogens is 248 g/mol. The molecule has 2 heterocycles. The van der Waals surface area contributed by atoms with Gasteiger partial charge in [-0.1, -0.05) is 26.7 Å². The molecule has 0 spiro atoms. The van der Waals surface area contributed by atoms with E-state index in [1.54, 1.807) is 0 Å². The van der Waals surface area contributed by atoms with E-state index in [9.17, 15) is 4.79 Å². The molecule has 0 aromatic carbocycles. The fourth-order valence-electron chi connectivity index (χ4n) is 3.78. The van der Waals surface area contributed by atoms with E-state index < -0.39 is 0 Å². The molecule has 116 valence electrons. The zero-order valence-corrected chi connectivity index (χ0v) is 13.4.